The fraction of sp³-hybridized carbons (Fsp3) is 0.440. The van der Waals surface area contributed by atoms with Crippen LogP contribution in [-0.2, 0) is 9.53 Å². The first-order valence-corrected chi connectivity index (χ1v) is 11.7. The van der Waals surface area contributed by atoms with Gasteiger partial charge in [-0.25, -0.2) is 9.37 Å². The zero-order chi connectivity index (χ0) is 23.7. The van der Waals surface area contributed by atoms with Crippen molar-refractivity contribution < 1.29 is 18.3 Å². The molecule has 3 heterocycles. The maximum absolute atomic E-state index is 13.6. The van der Waals surface area contributed by atoms with Crippen LogP contribution in [0.1, 0.15) is 37.8 Å². The number of anilines is 1. The summed E-state index contributed by atoms with van der Waals surface area (Å²) in [5.41, 5.74) is 3.62. The number of aromatic nitrogens is 3. The molecule has 2 aliphatic rings. The molecule has 1 saturated heterocycles. The molecule has 1 saturated carbocycles. The Morgan fingerprint density at radius 3 is 2.65 bits per heavy atom. The van der Waals surface area contributed by atoms with Crippen molar-refractivity contribution in [2.24, 2.45) is 0 Å². The number of rotatable bonds is 7. The number of carbonyl (C=O) groups excluding carboxylic acids is 1. The molecule has 1 atom stereocenters. The van der Waals surface area contributed by atoms with Gasteiger partial charge in [0.2, 0.25) is 12.3 Å². The Morgan fingerprint density at radius 1 is 1.21 bits per heavy atom. The lowest BCUT2D eigenvalue weighted by Gasteiger charge is -2.41. The first kappa shape index (κ1) is 22.5. The van der Waals surface area contributed by atoms with Crippen LogP contribution in [0.2, 0.25) is 0 Å². The Bertz CT molecular complexity index is 1150. The summed E-state index contributed by atoms with van der Waals surface area (Å²) in [6.45, 7) is 4.37. The number of benzene rings is 1. The van der Waals surface area contributed by atoms with E-state index in [1.807, 2.05) is 11.0 Å². The minimum atomic E-state index is -0.273. The zero-order valence-corrected chi connectivity index (χ0v) is 19.4. The SMILES string of the molecule is COCCC(=O)N1CCN(c2nc(C3CC3)c(-c3ccc(F)cc3)cc2-c2nnco2)C[C@H]1C. The molecule has 1 aliphatic heterocycles. The zero-order valence-electron chi connectivity index (χ0n) is 19.4. The molecular weight excluding hydrogens is 437 g/mol. The lowest BCUT2D eigenvalue weighted by Crippen LogP contribution is -2.54. The summed E-state index contributed by atoms with van der Waals surface area (Å²) in [6, 6.07) is 8.56. The fourth-order valence-electron chi connectivity index (χ4n) is 4.59. The molecule has 5 rings (SSSR count). The van der Waals surface area contributed by atoms with Crippen LogP contribution in [0.5, 0.6) is 0 Å². The quantitative estimate of drug-likeness (QED) is 0.523. The van der Waals surface area contributed by atoms with Crippen molar-refractivity contribution in [1.29, 1.82) is 0 Å². The highest BCUT2D eigenvalue weighted by molar-refractivity contribution is 5.80. The molecule has 34 heavy (non-hydrogen) atoms. The predicted octanol–water partition coefficient (Wildman–Crippen LogP) is 3.89. The summed E-state index contributed by atoms with van der Waals surface area (Å²) < 4.78 is 24.2. The number of amides is 1. The summed E-state index contributed by atoms with van der Waals surface area (Å²) in [7, 11) is 1.60. The third-order valence-corrected chi connectivity index (χ3v) is 6.51. The van der Waals surface area contributed by atoms with E-state index in [1.165, 1.54) is 18.5 Å². The van der Waals surface area contributed by atoms with Crippen LogP contribution >= 0.6 is 0 Å². The number of methoxy groups -OCH3 is 1. The van der Waals surface area contributed by atoms with Crippen LogP contribution in [0.3, 0.4) is 0 Å². The second-order valence-electron chi connectivity index (χ2n) is 8.94. The second kappa shape index (κ2) is 9.50. The number of halogens is 1. The molecule has 2 fully saturated rings. The smallest absolute Gasteiger partial charge is 0.251 e. The Morgan fingerprint density at radius 2 is 2.00 bits per heavy atom. The lowest BCUT2D eigenvalue weighted by atomic mass is 9.98. The molecule has 2 aromatic heterocycles. The molecule has 1 amide bonds. The molecule has 3 aromatic rings. The summed E-state index contributed by atoms with van der Waals surface area (Å²) in [4.78, 5) is 21.9. The van der Waals surface area contributed by atoms with Gasteiger partial charge < -0.3 is 19.0 Å². The van der Waals surface area contributed by atoms with E-state index in [0.717, 1.165) is 41.0 Å². The number of ether oxygens (including phenoxy) is 1. The summed E-state index contributed by atoms with van der Waals surface area (Å²) in [5, 5.41) is 8.03. The number of hydrogen-bond donors (Lipinski definition) is 0. The molecule has 0 N–H and O–H groups in total. The molecule has 0 bridgehead atoms. The summed E-state index contributed by atoms with van der Waals surface area (Å²) >= 11 is 0. The predicted molar refractivity (Wildman–Crippen MR) is 125 cm³/mol. The Kier molecular flexibility index (Phi) is 6.28. The fourth-order valence-corrected chi connectivity index (χ4v) is 4.59. The van der Waals surface area contributed by atoms with E-state index in [0.29, 0.717) is 44.5 Å². The first-order valence-electron chi connectivity index (χ1n) is 11.7. The van der Waals surface area contributed by atoms with Crippen molar-refractivity contribution >= 4 is 11.7 Å². The largest absolute Gasteiger partial charge is 0.423 e. The van der Waals surface area contributed by atoms with Gasteiger partial charge in [0.05, 0.1) is 24.3 Å². The monoisotopic (exact) mass is 465 g/mol. The Balaban J connectivity index is 1.52. The Labute approximate surface area is 197 Å². The number of nitrogens with zero attached hydrogens (tertiary/aromatic N) is 5. The third-order valence-electron chi connectivity index (χ3n) is 6.51. The minimum absolute atomic E-state index is 0.0246. The van der Waals surface area contributed by atoms with Gasteiger partial charge in [-0.3, -0.25) is 4.79 Å². The molecule has 9 heteroatoms. The van der Waals surface area contributed by atoms with E-state index in [9.17, 15) is 9.18 Å². The van der Waals surface area contributed by atoms with Gasteiger partial charge in [-0.2, -0.15) is 0 Å². The molecular formula is C25H28FN5O3. The van der Waals surface area contributed by atoms with E-state index < -0.39 is 0 Å². The number of carbonyl (C=O) groups is 1. The van der Waals surface area contributed by atoms with Crippen molar-refractivity contribution in [3.05, 3.63) is 48.2 Å². The molecule has 0 unspecified atom stereocenters. The van der Waals surface area contributed by atoms with Crippen LogP contribution in [0.4, 0.5) is 10.2 Å². The van der Waals surface area contributed by atoms with Gasteiger partial charge in [-0.1, -0.05) is 12.1 Å². The molecule has 8 nitrogen and oxygen atoms in total. The van der Waals surface area contributed by atoms with E-state index in [4.69, 9.17) is 14.1 Å². The van der Waals surface area contributed by atoms with E-state index in [2.05, 4.69) is 22.0 Å². The van der Waals surface area contributed by atoms with Crippen molar-refractivity contribution in [3.8, 4) is 22.6 Å². The highest BCUT2D eigenvalue weighted by atomic mass is 19.1. The molecule has 0 radical (unpaired) electrons. The van der Waals surface area contributed by atoms with Gasteiger partial charge in [0.15, 0.2) is 0 Å². The Hall–Kier alpha value is -3.33. The maximum Gasteiger partial charge on any atom is 0.251 e. The van der Waals surface area contributed by atoms with Crippen LogP contribution in [0.25, 0.3) is 22.6 Å². The minimum Gasteiger partial charge on any atom is -0.423 e. The van der Waals surface area contributed by atoms with Crippen LogP contribution < -0.4 is 4.90 Å². The highest BCUT2D eigenvalue weighted by Crippen LogP contribution is 2.46. The van der Waals surface area contributed by atoms with Gasteiger partial charge in [-0.05, 0) is 43.5 Å². The summed E-state index contributed by atoms with van der Waals surface area (Å²) in [6.07, 6.45) is 3.85. The molecule has 178 valence electrons. The number of piperazine rings is 1. The topological polar surface area (TPSA) is 84.6 Å². The van der Waals surface area contributed by atoms with Crippen molar-refractivity contribution in [2.45, 2.75) is 38.1 Å². The number of hydrogen-bond acceptors (Lipinski definition) is 7. The first-order chi connectivity index (χ1) is 16.5. The molecule has 1 aliphatic carbocycles. The van der Waals surface area contributed by atoms with E-state index in [1.54, 1.807) is 19.2 Å². The van der Waals surface area contributed by atoms with Gasteiger partial charge >= 0.3 is 0 Å². The number of pyridine rings is 1. The average Bonchev–Trinajstić information content (AvgIpc) is 3.55. The molecule has 1 aromatic carbocycles. The van der Waals surface area contributed by atoms with Crippen molar-refractivity contribution in [2.75, 3.05) is 38.3 Å². The van der Waals surface area contributed by atoms with Gasteiger partial charge in [-0.15, -0.1) is 10.2 Å². The van der Waals surface area contributed by atoms with Crippen molar-refractivity contribution in [1.82, 2.24) is 20.1 Å². The third kappa shape index (κ3) is 4.52. The lowest BCUT2D eigenvalue weighted by molar-refractivity contribution is -0.134. The van der Waals surface area contributed by atoms with Gasteiger partial charge in [0.25, 0.3) is 5.89 Å². The highest BCUT2D eigenvalue weighted by Gasteiger charge is 2.34. The summed E-state index contributed by atoms with van der Waals surface area (Å²) in [5.74, 6) is 1.38. The normalized spacial score (nSPS) is 18.4. The van der Waals surface area contributed by atoms with Gasteiger partial charge in [0.1, 0.15) is 11.6 Å². The van der Waals surface area contributed by atoms with Crippen LogP contribution in [-0.4, -0.2) is 65.4 Å². The van der Waals surface area contributed by atoms with E-state index >= 15 is 0 Å². The maximum atomic E-state index is 13.6. The standard InChI is InChI=1S/C25H28FN5O3/c1-16-14-30(10-11-31(16)22(32)9-12-33-2)24-21(25-29-27-15-34-25)13-20(23(28-24)18-3-4-18)17-5-7-19(26)8-6-17/h5-8,13,15-16,18H,3-4,9-12,14H2,1-2H3/t16-/m1/s1. The van der Waals surface area contributed by atoms with Crippen molar-refractivity contribution in [3.63, 3.8) is 0 Å². The van der Waals surface area contributed by atoms with E-state index in [-0.39, 0.29) is 17.8 Å². The van der Waals surface area contributed by atoms with Gasteiger partial charge in [0, 0.05) is 44.3 Å². The average molecular weight is 466 g/mol. The second-order valence-corrected chi connectivity index (χ2v) is 8.94. The van der Waals surface area contributed by atoms with Crippen LogP contribution in [0.15, 0.2) is 41.1 Å². The van der Waals surface area contributed by atoms with Crippen LogP contribution in [0, 0.1) is 5.82 Å². The molecule has 0 spiro atoms.